The number of nitrogens with zero attached hydrogens (tertiary/aromatic N) is 1. The molecule has 1 aliphatic rings. The van der Waals surface area contributed by atoms with E-state index in [9.17, 15) is 0 Å². The first kappa shape index (κ1) is 8.41. The summed E-state index contributed by atoms with van der Waals surface area (Å²) in [6.07, 6.45) is 1.30. The molecule has 0 spiro atoms. The zero-order valence-corrected chi connectivity index (χ0v) is 7.78. The standard InChI is InChI=1S/C8H17NS/c1-3-8(2)9-4-6-10-7-5-9/h8H,3-7H2,1-2H3. The Hall–Kier alpha value is 0.310. The molecule has 1 fully saturated rings. The average Bonchev–Trinajstić information content (AvgIpc) is 2.05. The second-order valence-electron chi connectivity index (χ2n) is 2.91. The minimum atomic E-state index is 0.806. The molecule has 1 aliphatic heterocycles. The number of thioether (sulfide) groups is 1. The lowest BCUT2D eigenvalue weighted by molar-refractivity contribution is 0.225. The third kappa shape index (κ3) is 2.17. The van der Waals surface area contributed by atoms with Crippen molar-refractivity contribution in [3.63, 3.8) is 0 Å². The van der Waals surface area contributed by atoms with Gasteiger partial charge in [-0.25, -0.2) is 0 Å². The van der Waals surface area contributed by atoms with Crippen molar-refractivity contribution in [1.82, 2.24) is 4.90 Å². The Morgan fingerprint density at radius 1 is 1.40 bits per heavy atom. The van der Waals surface area contributed by atoms with Gasteiger partial charge in [-0.3, -0.25) is 4.90 Å². The molecule has 1 rings (SSSR count). The Labute approximate surface area is 68.2 Å². The summed E-state index contributed by atoms with van der Waals surface area (Å²) >= 11 is 2.08. The molecule has 1 saturated heterocycles. The molecule has 10 heavy (non-hydrogen) atoms. The summed E-state index contributed by atoms with van der Waals surface area (Å²) in [5.41, 5.74) is 0. The molecule has 1 unspecified atom stereocenters. The Bertz CT molecular complexity index is 89.3. The molecule has 0 bridgehead atoms. The zero-order chi connectivity index (χ0) is 7.40. The molecule has 0 aromatic heterocycles. The highest BCUT2D eigenvalue weighted by atomic mass is 32.2. The van der Waals surface area contributed by atoms with E-state index >= 15 is 0 Å². The minimum Gasteiger partial charge on any atom is -0.299 e. The van der Waals surface area contributed by atoms with E-state index in [-0.39, 0.29) is 0 Å². The lowest BCUT2D eigenvalue weighted by Crippen LogP contribution is -2.39. The van der Waals surface area contributed by atoms with Crippen molar-refractivity contribution in [1.29, 1.82) is 0 Å². The normalized spacial score (nSPS) is 24.6. The fourth-order valence-electron chi connectivity index (χ4n) is 1.28. The van der Waals surface area contributed by atoms with Crippen LogP contribution in [0.2, 0.25) is 0 Å². The van der Waals surface area contributed by atoms with Crippen molar-refractivity contribution >= 4 is 11.8 Å². The van der Waals surface area contributed by atoms with Gasteiger partial charge in [-0.15, -0.1) is 0 Å². The second kappa shape index (κ2) is 4.24. The van der Waals surface area contributed by atoms with E-state index in [1.807, 2.05) is 0 Å². The molecule has 0 radical (unpaired) electrons. The molecule has 0 aromatic rings. The molecule has 0 aromatic carbocycles. The summed E-state index contributed by atoms with van der Waals surface area (Å²) in [5.74, 6) is 2.68. The highest BCUT2D eigenvalue weighted by Crippen LogP contribution is 2.13. The van der Waals surface area contributed by atoms with Crippen molar-refractivity contribution in [2.24, 2.45) is 0 Å². The van der Waals surface area contributed by atoms with Crippen molar-refractivity contribution < 1.29 is 0 Å². The summed E-state index contributed by atoms with van der Waals surface area (Å²) in [5, 5.41) is 0. The van der Waals surface area contributed by atoms with Crippen LogP contribution in [0.3, 0.4) is 0 Å². The number of rotatable bonds is 2. The van der Waals surface area contributed by atoms with Crippen LogP contribution in [0.4, 0.5) is 0 Å². The van der Waals surface area contributed by atoms with Crippen LogP contribution in [0.15, 0.2) is 0 Å². The number of hydrogen-bond acceptors (Lipinski definition) is 2. The van der Waals surface area contributed by atoms with E-state index in [4.69, 9.17) is 0 Å². The summed E-state index contributed by atoms with van der Waals surface area (Å²) < 4.78 is 0. The Morgan fingerprint density at radius 3 is 2.50 bits per heavy atom. The van der Waals surface area contributed by atoms with Gasteiger partial charge in [-0.05, 0) is 13.3 Å². The lowest BCUT2D eigenvalue weighted by atomic mass is 10.2. The largest absolute Gasteiger partial charge is 0.299 e. The van der Waals surface area contributed by atoms with Gasteiger partial charge < -0.3 is 0 Å². The van der Waals surface area contributed by atoms with Crippen molar-refractivity contribution in [3.05, 3.63) is 0 Å². The van der Waals surface area contributed by atoms with Crippen LogP contribution in [0, 0.1) is 0 Å². The molecule has 1 heterocycles. The van der Waals surface area contributed by atoms with Crippen molar-refractivity contribution in [3.8, 4) is 0 Å². The van der Waals surface area contributed by atoms with Gasteiger partial charge in [0.15, 0.2) is 0 Å². The predicted octanol–water partition coefficient (Wildman–Crippen LogP) is 1.83. The molecule has 1 atom stereocenters. The summed E-state index contributed by atoms with van der Waals surface area (Å²) in [6, 6.07) is 0.806. The molecular weight excluding hydrogens is 142 g/mol. The van der Waals surface area contributed by atoms with Crippen molar-refractivity contribution in [2.75, 3.05) is 24.6 Å². The van der Waals surface area contributed by atoms with Crippen molar-refractivity contribution in [2.45, 2.75) is 26.3 Å². The van der Waals surface area contributed by atoms with Gasteiger partial charge in [0, 0.05) is 30.6 Å². The predicted molar refractivity (Wildman–Crippen MR) is 48.7 cm³/mol. The molecule has 1 nitrogen and oxygen atoms in total. The molecule has 60 valence electrons. The van der Waals surface area contributed by atoms with Crippen LogP contribution in [-0.4, -0.2) is 35.5 Å². The highest BCUT2D eigenvalue weighted by Gasteiger charge is 2.14. The van der Waals surface area contributed by atoms with E-state index in [1.54, 1.807) is 0 Å². The van der Waals surface area contributed by atoms with E-state index < -0.39 is 0 Å². The maximum Gasteiger partial charge on any atom is 0.00755 e. The molecule has 0 aliphatic carbocycles. The molecule has 0 saturated carbocycles. The zero-order valence-electron chi connectivity index (χ0n) is 6.97. The van der Waals surface area contributed by atoms with Gasteiger partial charge in [-0.2, -0.15) is 11.8 Å². The fraction of sp³-hybridized carbons (Fsp3) is 1.00. The Balaban J connectivity index is 2.24. The monoisotopic (exact) mass is 159 g/mol. The first-order valence-electron chi connectivity index (χ1n) is 4.16. The second-order valence-corrected chi connectivity index (χ2v) is 4.13. The lowest BCUT2D eigenvalue weighted by Gasteiger charge is -2.31. The number of hydrogen-bond donors (Lipinski definition) is 0. The van der Waals surface area contributed by atoms with E-state index in [0.29, 0.717) is 0 Å². The summed E-state index contributed by atoms with van der Waals surface area (Å²) in [7, 11) is 0. The van der Waals surface area contributed by atoms with Gasteiger partial charge >= 0.3 is 0 Å². The third-order valence-electron chi connectivity index (χ3n) is 2.26. The van der Waals surface area contributed by atoms with Crippen LogP contribution < -0.4 is 0 Å². The Kier molecular flexibility index (Phi) is 3.57. The van der Waals surface area contributed by atoms with E-state index in [1.165, 1.54) is 31.0 Å². The third-order valence-corrected chi connectivity index (χ3v) is 3.20. The van der Waals surface area contributed by atoms with Crippen LogP contribution in [0.1, 0.15) is 20.3 Å². The summed E-state index contributed by atoms with van der Waals surface area (Å²) in [4.78, 5) is 2.59. The maximum atomic E-state index is 2.59. The van der Waals surface area contributed by atoms with E-state index in [2.05, 4.69) is 30.5 Å². The van der Waals surface area contributed by atoms with Crippen LogP contribution >= 0.6 is 11.8 Å². The average molecular weight is 159 g/mol. The molecule has 2 heteroatoms. The van der Waals surface area contributed by atoms with Crippen LogP contribution in [-0.2, 0) is 0 Å². The van der Waals surface area contributed by atoms with Crippen LogP contribution in [0.25, 0.3) is 0 Å². The first-order valence-corrected chi connectivity index (χ1v) is 5.32. The van der Waals surface area contributed by atoms with E-state index in [0.717, 1.165) is 6.04 Å². The van der Waals surface area contributed by atoms with Gasteiger partial charge in [-0.1, -0.05) is 6.92 Å². The van der Waals surface area contributed by atoms with Crippen LogP contribution in [0.5, 0.6) is 0 Å². The highest BCUT2D eigenvalue weighted by molar-refractivity contribution is 7.99. The SMILES string of the molecule is CCC(C)N1CCSCC1. The Morgan fingerprint density at radius 2 is 2.00 bits per heavy atom. The fourth-order valence-corrected chi connectivity index (χ4v) is 2.21. The smallest absolute Gasteiger partial charge is 0.00755 e. The molecular formula is C8H17NS. The minimum absolute atomic E-state index is 0.806. The van der Waals surface area contributed by atoms with Gasteiger partial charge in [0.25, 0.3) is 0 Å². The topological polar surface area (TPSA) is 3.24 Å². The molecule has 0 N–H and O–H groups in total. The van der Waals surface area contributed by atoms with Gasteiger partial charge in [0.2, 0.25) is 0 Å². The quantitative estimate of drug-likeness (QED) is 0.605. The van der Waals surface area contributed by atoms with Gasteiger partial charge in [0.1, 0.15) is 0 Å². The summed E-state index contributed by atoms with van der Waals surface area (Å²) in [6.45, 7) is 7.21. The first-order chi connectivity index (χ1) is 4.84. The van der Waals surface area contributed by atoms with Gasteiger partial charge in [0.05, 0.1) is 0 Å². The maximum absolute atomic E-state index is 2.59. The molecule has 0 amide bonds.